The number of aromatic nitrogens is 3. The van der Waals surface area contributed by atoms with Gasteiger partial charge in [-0.1, -0.05) is 36.8 Å². The van der Waals surface area contributed by atoms with Crippen molar-refractivity contribution in [1.82, 2.24) is 19.4 Å². The predicted octanol–water partition coefficient (Wildman–Crippen LogP) is 6.73. The summed E-state index contributed by atoms with van der Waals surface area (Å²) in [6.07, 6.45) is 10.1. The Kier molecular flexibility index (Phi) is 9.68. The highest BCUT2D eigenvalue weighted by Gasteiger charge is 2.34. The third kappa shape index (κ3) is 7.47. The van der Waals surface area contributed by atoms with Gasteiger partial charge in [0, 0.05) is 72.6 Å². The van der Waals surface area contributed by atoms with Gasteiger partial charge in [0.1, 0.15) is 23.3 Å². The number of nitrogens with two attached hydrogens (primary N) is 1. The minimum Gasteiger partial charge on any atom is -0.444 e. The first-order chi connectivity index (χ1) is 26.2. The lowest BCUT2D eigenvalue weighted by Gasteiger charge is -2.28. The number of cyclic esters (lactones) is 1. The number of carbonyl (C=O) groups excluding carboxylic acids is 2. The van der Waals surface area contributed by atoms with E-state index < -0.39 is 17.2 Å². The number of hydrogen-bond acceptors (Lipinski definition) is 8. The van der Waals surface area contributed by atoms with Crippen LogP contribution in [0.3, 0.4) is 0 Å². The number of halogens is 1. The molecule has 11 nitrogen and oxygen atoms in total. The monoisotopic (exact) mass is 728 g/mol. The number of amides is 2. The maximum atomic E-state index is 15.8. The highest BCUT2D eigenvalue weighted by molar-refractivity contribution is 6.04. The quantitative estimate of drug-likeness (QED) is 0.153. The highest BCUT2D eigenvalue weighted by Crippen LogP contribution is 2.33. The molecule has 3 fully saturated rings. The van der Waals surface area contributed by atoms with Crippen molar-refractivity contribution in [2.24, 2.45) is 11.8 Å². The molecule has 8 rings (SSSR count). The fourth-order valence-electron chi connectivity index (χ4n) is 7.17. The summed E-state index contributed by atoms with van der Waals surface area (Å²) in [5.74, 6) is -0.237. The average Bonchev–Trinajstić information content (AvgIpc) is 3.47. The van der Waals surface area contributed by atoms with Gasteiger partial charge in [-0.3, -0.25) is 14.6 Å². The Morgan fingerprint density at radius 3 is 2.41 bits per heavy atom. The van der Waals surface area contributed by atoms with Crippen molar-refractivity contribution in [2.75, 3.05) is 37.4 Å². The molecule has 1 saturated carbocycles. The number of nitrogens with one attached hydrogen (secondary N) is 1. The minimum atomic E-state index is -0.637. The Bertz CT molecular complexity index is 2270. The normalized spacial score (nSPS) is 17.2. The van der Waals surface area contributed by atoms with E-state index in [1.807, 2.05) is 41.8 Å². The second kappa shape index (κ2) is 14.9. The molecule has 5 aromatic rings. The summed E-state index contributed by atoms with van der Waals surface area (Å²) >= 11 is 0. The van der Waals surface area contributed by atoms with Crippen molar-refractivity contribution in [2.45, 2.75) is 45.3 Å². The third-order valence-corrected chi connectivity index (χ3v) is 10.5. The van der Waals surface area contributed by atoms with Gasteiger partial charge in [0.2, 0.25) is 5.43 Å². The summed E-state index contributed by atoms with van der Waals surface area (Å²) in [6, 6.07) is 17.6. The zero-order valence-electron chi connectivity index (χ0n) is 30.0. The first-order valence-corrected chi connectivity index (χ1v) is 18.3. The molecule has 276 valence electrons. The summed E-state index contributed by atoms with van der Waals surface area (Å²) in [6.45, 7) is 5.18. The van der Waals surface area contributed by atoms with Gasteiger partial charge < -0.3 is 30.0 Å². The van der Waals surface area contributed by atoms with E-state index in [0.29, 0.717) is 67.9 Å². The summed E-state index contributed by atoms with van der Waals surface area (Å²) in [4.78, 5) is 50.1. The van der Waals surface area contributed by atoms with Crippen LogP contribution < -0.4 is 16.5 Å². The molecule has 54 heavy (non-hydrogen) atoms. The number of hydrogen-bond donors (Lipinski definition) is 2. The Balaban J connectivity index is 0.976. The first kappa shape index (κ1) is 35.2. The molecule has 0 unspecified atom stereocenters. The molecule has 0 spiro atoms. The Morgan fingerprint density at radius 1 is 0.907 bits per heavy atom. The number of pyridine rings is 3. The summed E-state index contributed by atoms with van der Waals surface area (Å²) in [5.41, 5.74) is 11.0. The van der Waals surface area contributed by atoms with Crippen LogP contribution >= 0.6 is 0 Å². The Hall–Kier alpha value is -5.88. The lowest BCUT2D eigenvalue weighted by atomic mass is 9.85. The van der Waals surface area contributed by atoms with Crippen LogP contribution in [0.2, 0.25) is 0 Å². The molecule has 1 aliphatic carbocycles. The zero-order chi connectivity index (χ0) is 37.3. The molecular weight excluding hydrogens is 687 g/mol. The van der Waals surface area contributed by atoms with Gasteiger partial charge in [0.05, 0.1) is 31.0 Å². The standard InChI is InChI=1S/C42H41FN6O5/c1-25-5-12-38(45-16-25)35-21-48(18-27-3-2-4-27)22-36(39(35)50)41(51)47-31-10-11-33(37(43)15-31)34-14-30(17-46-40(34)44)29-8-6-26(7-9-29)13-32-20-49(42(52)54-32)19-28-23-53-24-28/h5-12,14-17,21-22,27-28,32H,2-4,13,18-20,23-24H2,1H3,(H2,44,46)(H,47,51)/t32-/m0/s1. The van der Waals surface area contributed by atoms with E-state index in [2.05, 4.69) is 15.3 Å². The predicted molar refractivity (Wildman–Crippen MR) is 203 cm³/mol. The molecule has 2 amide bonds. The molecule has 3 aromatic heterocycles. The number of carbonyl (C=O) groups is 2. The van der Waals surface area contributed by atoms with Gasteiger partial charge in [-0.15, -0.1) is 0 Å². The van der Waals surface area contributed by atoms with E-state index in [1.54, 1.807) is 47.9 Å². The summed E-state index contributed by atoms with van der Waals surface area (Å²) in [7, 11) is 0. The van der Waals surface area contributed by atoms with E-state index in [0.717, 1.165) is 35.1 Å². The summed E-state index contributed by atoms with van der Waals surface area (Å²) in [5, 5.41) is 2.72. The lowest BCUT2D eigenvalue weighted by molar-refractivity contribution is -0.0406. The lowest BCUT2D eigenvalue weighted by Crippen LogP contribution is -2.40. The van der Waals surface area contributed by atoms with Crippen LogP contribution in [0.15, 0.2) is 90.2 Å². The van der Waals surface area contributed by atoms with Crippen LogP contribution in [0.1, 0.15) is 40.7 Å². The van der Waals surface area contributed by atoms with Gasteiger partial charge >= 0.3 is 6.09 Å². The van der Waals surface area contributed by atoms with Crippen LogP contribution in [0.25, 0.3) is 33.5 Å². The number of rotatable bonds is 11. The van der Waals surface area contributed by atoms with Crippen LogP contribution in [0, 0.1) is 24.6 Å². The van der Waals surface area contributed by atoms with Gasteiger partial charge in [-0.2, -0.15) is 0 Å². The van der Waals surface area contributed by atoms with Crippen LogP contribution in [-0.4, -0.2) is 63.8 Å². The fourth-order valence-corrected chi connectivity index (χ4v) is 7.17. The number of nitrogen functional groups attached to an aromatic ring is 1. The third-order valence-electron chi connectivity index (χ3n) is 10.5. The van der Waals surface area contributed by atoms with Gasteiger partial charge in [-0.05, 0) is 72.7 Å². The molecule has 1 atom stereocenters. The molecular formula is C42H41FN6O5. The van der Waals surface area contributed by atoms with Gasteiger partial charge in [0.15, 0.2) is 0 Å². The molecule has 3 aliphatic rings. The van der Waals surface area contributed by atoms with Crippen LogP contribution in [-0.2, 0) is 22.4 Å². The number of benzene rings is 2. The van der Waals surface area contributed by atoms with Crippen molar-refractivity contribution >= 4 is 23.5 Å². The first-order valence-electron chi connectivity index (χ1n) is 18.3. The number of anilines is 2. The molecule has 12 heteroatoms. The smallest absolute Gasteiger partial charge is 0.410 e. The molecule has 0 bridgehead atoms. The van der Waals surface area contributed by atoms with Gasteiger partial charge in [-0.25, -0.2) is 14.2 Å². The van der Waals surface area contributed by atoms with Crippen molar-refractivity contribution in [3.8, 4) is 33.5 Å². The largest absolute Gasteiger partial charge is 0.444 e. The molecule has 0 radical (unpaired) electrons. The van der Waals surface area contributed by atoms with E-state index in [4.69, 9.17) is 15.2 Å². The SMILES string of the molecule is Cc1ccc(-c2cn(CC3CCC3)cc(C(=O)Nc3ccc(-c4cc(-c5ccc(C[C@H]6CN(CC7COC7)C(=O)O6)cc5)cnc4N)c(F)c3)c2=O)nc1. The zero-order valence-corrected chi connectivity index (χ0v) is 30.0. The number of nitrogens with zero attached hydrogens (tertiary/aromatic N) is 4. The molecule has 3 N–H and O–H groups in total. The molecule has 5 heterocycles. The average molecular weight is 729 g/mol. The van der Waals surface area contributed by atoms with E-state index in [9.17, 15) is 14.4 Å². The highest BCUT2D eigenvalue weighted by atomic mass is 19.1. The maximum absolute atomic E-state index is 15.8. The van der Waals surface area contributed by atoms with E-state index in [1.165, 1.54) is 18.6 Å². The minimum absolute atomic E-state index is 0.0449. The van der Waals surface area contributed by atoms with Crippen LogP contribution in [0.5, 0.6) is 0 Å². The van der Waals surface area contributed by atoms with Crippen molar-refractivity contribution in [3.05, 3.63) is 118 Å². The Morgan fingerprint density at radius 2 is 1.72 bits per heavy atom. The van der Waals surface area contributed by atoms with Gasteiger partial charge in [0.25, 0.3) is 5.91 Å². The number of ether oxygens (including phenoxy) is 2. The van der Waals surface area contributed by atoms with Crippen molar-refractivity contribution < 1.29 is 23.5 Å². The number of aryl methyl sites for hydroxylation is 1. The van der Waals surface area contributed by atoms with Crippen molar-refractivity contribution in [1.29, 1.82) is 0 Å². The van der Waals surface area contributed by atoms with Crippen LogP contribution in [0.4, 0.5) is 20.7 Å². The Labute approximate surface area is 312 Å². The topological polar surface area (TPSA) is 142 Å². The second-order valence-corrected chi connectivity index (χ2v) is 14.7. The molecule has 2 saturated heterocycles. The maximum Gasteiger partial charge on any atom is 0.410 e. The summed E-state index contributed by atoms with van der Waals surface area (Å²) < 4.78 is 28.5. The second-order valence-electron chi connectivity index (χ2n) is 14.7. The molecule has 2 aliphatic heterocycles. The fraction of sp³-hybridized carbons (Fsp3) is 0.310. The van der Waals surface area contributed by atoms with Crippen molar-refractivity contribution in [3.63, 3.8) is 0 Å². The van der Waals surface area contributed by atoms with E-state index >= 15 is 4.39 Å². The molecule has 2 aromatic carbocycles. The van der Waals surface area contributed by atoms with E-state index in [-0.39, 0.29) is 34.8 Å².